The minimum absolute atomic E-state index is 0.00932. The van der Waals surface area contributed by atoms with Gasteiger partial charge in [-0.15, -0.1) is 0 Å². The summed E-state index contributed by atoms with van der Waals surface area (Å²) in [5, 5.41) is 11.2. The molecule has 1 aliphatic carbocycles. The first-order valence-corrected chi connectivity index (χ1v) is 8.05. The lowest BCUT2D eigenvalue weighted by atomic mass is 9.78. The zero-order valence-corrected chi connectivity index (χ0v) is 14.1. The number of fused-ring (bicyclic) bond motifs is 3. The minimum atomic E-state index is -0.878. The highest BCUT2D eigenvalue weighted by molar-refractivity contribution is 6.03. The molecule has 2 aromatic rings. The van der Waals surface area contributed by atoms with Crippen LogP contribution in [0.15, 0.2) is 10.7 Å². The van der Waals surface area contributed by atoms with E-state index in [1.165, 1.54) is 20.3 Å². The number of hydrogen-bond donors (Lipinski definition) is 1. The summed E-state index contributed by atoms with van der Waals surface area (Å²) < 4.78 is 21.8. The summed E-state index contributed by atoms with van der Waals surface area (Å²) in [6.45, 7) is 3.26. The topological polar surface area (TPSA) is 98.5 Å². The van der Waals surface area contributed by atoms with Gasteiger partial charge in [0.1, 0.15) is 18.8 Å². The van der Waals surface area contributed by atoms with Crippen LogP contribution in [-0.2, 0) is 20.9 Å². The lowest BCUT2D eigenvalue weighted by Crippen LogP contribution is -2.24. The Hall–Kier alpha value is -2.38. The SMILES string of the molecule is COc1c2c(c(C=O)c3c(COC(C)=O)coc13)[C@@H](C)[C@@H]1O[C@@H]1[C@@H]2O. The number of rotatable bonds is 4. The van der Waals surface area contributed by atoms with Gasteiger partial charge in [0.2, 0.25) is 0 Å². The Bertz CT molecular complexity index is 881. The van der Waals surface area contributed by atoms with Crippen LogP contribution in [0.3, 0.4) is 0 Å². The first-order valence-electron chi connectivity index (χ1n) is 8.05. The standard InChI is InChI=1S/C18H18O7/c1-7-11-10(4-19)12-9(5-23-8(2)20)6-24-17(12)16(22-3)13(11)14(21)18-15(7)25-18/h4,6-7,14-15,18,21H,5H2,1-3H3/t7-,14-,15+,18-/m1/s1. The van der Waals surface area contributed by atoms with Crippen LogP contribution in [0, 0.1) is 0 Å². The van der Waals surface area contributed by atoms with Gasteiger partial charge in [-0.05, 0) is 5.56 Å². The summed E-state index contributed by atoms with van der Waals surface area (Å²) in [5.41, 5.74) is 2.60. The lowest BCUT2D eigenvalue weighted by Gasteiger charge is -2.27. The fraction of sp³-hybridized carbons (Fsp3) is 0.444. The maximum absolute atomic E-state index is 11.9. The van der Waals surface area contributed by atoms with Crippen LogP contribution in [0.4, 0.5) is 0 Å². The second kappa shape index (κ2) is 5.57. The van der Waals surface area contributed by atoms with E-state index in [2.05, 4.69) is 0 Å². The Morgan fingerprint density at radius 1 is 1.36 bits per heavy atom. The van der Waals surface area contributed by atoms with Crippen molar-refractivity contribution in [3.63, 3.8) is 0 Å². The predicted octanol–water partition coefficient (Wildman–Crippen LogP) is 2.23. The Balaban J connectivity index is 2.01. The van der Waals surface area contributed by atoms with Crippen molar-refractivity contribution in [1.82, 2.24) is 0 Å². The normalized spacial score (nSPS) is 26.7. The Kier molecular flexibility index (Phi) is 3.59. The molecule has 1 N–H and O–H groups in total. The average molecular weight is 346 g/mol. The van der Waals surface area contributed by atoms with Gasteiger partial charge in [-0.1, -0.05) is 6.92 Å². The highest BCUT2D eigenvalue weighted by atomic mass is 16.6. The van der Waals surface area contributed by atoms with Gasteiger partial charge in [0, 0.05) is 34.9 Å². The van der Waals surface area contributed by atoms with E-state index < -0.39 is 12.1 Å². The fourth-order valence-corrected chi connectivity index (χ4v) is 3.90. The molecule has 0 amide bonds. The molecule has 7 heteroatoms. The number of benzene rings is 1. The number of aldehydes is 1. The van der Waals surface area contributed by atoms with Crippen molar-refractivity contribution in [2.75, 3.05) is 7.11 Å². The van der Waals surface area contributed by atoms with E-state index >= 15 is 0 Å². The molecule has 0 unspecified atom stereocenters. The zero-order chi connectivity index (χ0) is 17.9. The van der Waals surface area contributed by atoms with Gasteiger partial charge in [-0.25, -0.2) is 0 Å². The largest absolute Gasteiger partial charge is 0.492 e. The maximum atomic E-state index is 11.9. The monoisotopic (exact) mass is 346 g/mol. The number of aliphatic hydroxyl groups excluding tert-OH is 1. The van der Waals surface area contributed by atoms with Crippen molar-refractivity contribution in [2.45, 2.75) is 44.7 Å². The Labute approximate surface area is 143 Å². The summed E-state index contributed by atoms with van der Waals surface area (Å²) in [4.78, 5) is 23.1. The number of epoxide rings is 1. The molecule has 7 nitrogen and oxygen atoms in total. The first kappa shape index (κ1) is 16.1. The molecule has 2 heterocycles. The van der Waals surface area contributed by atoms with Gasteiger partial charge >= 0.3 is 5.97 Å². The quantitative estimate of drug-likeness (QED) is 0.515. The molecule has 1 fully saturated rings. The molecule has 2 aliphatic rings. The summed E-state index contributed by atoms with van der Waals surface area (Å²) in [6.07, 6.45) is 0.912. The van der Waals surface area contributed by atoms with Gasteiger partial charge in [0.05, 0.1) is 19.5 Å². The molecule has 4 rings (SSSR count). The van der Waals surface area contributed by atoms with Crippen molar-refractivity contribution in [3.8, 4) is 5.75 Å². The first-order chi connectivity index (χ1) is 12.0. The second-order valence-electron chi connectivity index (χ2n) is 6.44. The maximum Gasteiger partial charge on any atom is 0.302 e. The van der Waals surface area contributed by atoms with Crippen LogP contribution < -0.4 is 4.74 Å². The average Bonchev–Trinajstić information content (AvgIpc) is 3.30. The minimum Gasteiger partial charge on any atom is -0.492 e. The lowest BCUT2D eigenvalue weighted by molar-refractivity contribution is -0.142. The van der Waals surface area contributed by atoms with Crippen molar-refractivity contribution in [2.24, 2.45) is 0 Å². The van der Waals surface area contributed by atoms with Crippen LogP contribution >= 0.6 is 0 Å². The third-order valence-electron chi connectivity index (χ3n) is 5.04. The summed E-state index contributed by atoms with van der Waals surface area (Å²) >= 11 is 0. The Morgan fingerprint density at radius 3 is 2.76 bits per heavy atom. The molecule has 132 valence electrons. The summed E-state index contributed by atoms with van der Waals surface area (Å²) in [7, 11) is 1.49. The number of ether oxygens (including phenoxy) is 3. The molecule has 1 aliphatic heterocycles. The van der Waals surface area contributed by atoms with Gasteiger partial charge in [-0.2, -0.15) is 0 Å². The van der Waals surface area contributed by atoms with Gasteiger partial charge < -0.3 is 23.7 Å². The van der Waals surface area contributed by atoms with Gasteiger partial charge in [0.25, 0.3) is 0 Å². The van der Waals surface area contributed by atoms with Gasteiger partial charge in [-0.3, -0.25) is 9.59 Å². The highest BCUT2D eigenvalue weighted by Crippen LogP contribution is 2.55. The molecule has 0 radical (unpaired) electrons. The molecule has 4 atom stereocenters. The van der Waals surface area contributed by atoms with Crippen molar-refractivity contribution >= 4 is 23.2 Å². The smallest absolute Gasteiger partial charge is 0.302 e. The van der Waals surface area contributed by atoms with Crippen LogP contribution in [0.25, 0.3) is 11.0 Å². The number of carbonyl (C=O) groups excluding carboxylic acids is 2. The van der Waals surface area contributed by atoms with Gasteiger partial charge in [0.15, 0.2) is 17.6 Å². The zero-order valence-electron chi connectivity index (χ0n) is 14.1. The number of furan rings is 1. The number of esters is 1. The molecule has 1 aromatic carbocycles. The highest BCUT2D eigenvalue weighted by Gasteiger charge is 2.55. The molecular weight excluding hydrogens is 328 g/mol. The van der Waals surface area contributed by atoms with Crippen molar-refractivity contribution in [3.05, 3.63) is 28.5 Å². The Morgan fingerprint density at radius 2 is 2.12 bits per heavy atom. The molecule has 1 saturated heterocycles. The van der Waals surface area contributed by atoms with E-state index in [0.29, 0.717) is 39.0 Å². The summed E-state index contributed by atoms with van der Waals surface area (Å²) in [5.74, 6) is -0.110. The van der Waals surface area contributed by atoms with E-state index in [4.69, 9.17) is 18.6 Å². The van der Waals surface area contributed by atoms with E-state index in [1.54, 1.807) is 0 Å². The molecule has 0 bridgehead atoms. The summed E-state index contributed by atoms with van der Waals surface area (Å²) in [6, 6.07) is 0. The molecular formula is C18H18O7. The molecule has 0 saturated carbocycles. The molecule has 25 heavy (non-hydrogen) atoms. The van der Waals surface area contributed by atoms with Crippen LogP contribution in [0.1, 0.15) is 52.9 Å². The number of aliphatic hydroxyl groups is 1. The predicted molar refractivity (Wildman–Crippen MR) is 85.7 cm³/mol. The number of carbonyl (C=O) groups is 2. The number of methoxy groups -OCH3 is 1. The van der Waals surface area contributed by atoms with E-state index in [1.807, 2.05) is 6.92 Å². The third kappa shape index (κ3) is 2.19. The van der Waals surface area contributed by atoms with E-state index in [-0.39, 0.29) is 24.7 Å². The van der Waals surface area contributed by atoms with Crippen molar-refractivity contribution < 1.29 is 33.3 Å². The fourth-order valence-electron chi connectivity index (χ4n) is 3.90. The van der Waals surface area contributed by atoms with E-state index in [9.17, 15) is 14.7 Å². The molecule has 1 aromatic heterocycles. The van der Waals surface area contributed by atoms with Crippen LogP contribution in [0.5, 0.6) is 5.75 Å². The molecule has 0 spiro atoms. The third-order valence-corrected chi connectivity index (χ3v) is 5.04. The van der Waals surface area contributed by atoms with E-state index in [0.717, 1.165) is 6.29 Å². The second-order valence-corrected chi connectivity index (χ2v) is 6.44. The van der Waals surface area contributed by atoms with Crippen LogP contribution in [0.2, 0.25) is 0 Å². The van der Waals surface area contributed by atoms with Crippen LogP contribution in [-0.4, -0.2) is 36.7 Å². The number of hydrogen-bond acceptors (Lipinski definition) is 7. The van der Waals surface area contributed by atoms with Crippen molar-refractivity contribution in [1.29, 1.82) is 0 Å².